The van der Waals surface area contributed by atoms with E-state index in [2.05, 4.69) is 22.4 Å². The Hall–Kier alpha value is -2.10. The van der Waals surface area contributed by atoms with Gasteiger partial charge >= 0.3 is 0 Å². The van der Waals surface area contributed by atoms with E-state index in [1.54, 1.807) is 6.20 Å². The van der Waals surface area contributed by atoms with Gasteiger partial charge in [-0.2, -0.15) is 0 Å². The summed E-state index contributed by atoms with van der Waals surface area (Å²) in [5.74, 6) is 0.831. The Morgan fingerprint density at radius 2 is 2.11 bits per heavy atom. The number of amides is 1. The van der Waals surface area contributed by atoms with E-state index in [1.807, 2.05) is 36.0 Å². The van der Waals surface area contributed by atoms with Crippen LogP contribution in [0.2, 0.25) is 0 Å². The molecule has 1 fully saturated rings. The Morgan fingerprint density at radius 3 is 2.68 bits per heavy atom. The van der Waals surface area contributed by atoms with Crippen LogP contribution in [0.3, 0.4) is 0 Å². The monoisotopic (exact) mass is 255 g/mol. The minimum atomic E-state index is -0.135. The van der Waals surface area contributed by atoms with Gasteiger partial charge < -0.3 is 9.88 Å². The highest BCUT2D eigenvalue weighted by atomic mass is 16.1. The molecule has 0 atom stereocenters. The van der Waals surface area contributed by atoms with Gasteiger partial charge in [0.05, 0.1) is 12.0 Å². The number of carbonyl (C=O) groups is 1. The molecule has 1 N–H and O–H groups in total. The Balaban J connectivity index is 1.69. The molecule has 1 aliphatic rings. The predicted molar refractivity (Wildman–Crippen MR) is 72.4 cm³/mol. The number of benzene rings is 1. The Morgan fingerprint density at radius 1 is 1.37 bits per heavy atom. The number of imidazole rings is 1. The van der Waals surface area contributed by atoms with Crippen LogP contribution in [-0.2, 0) is 23.8 Å². The van der Waals surface area contributed by atoms with Gasteiger partial charge in [-0.3, -0.25) is 4.79 Å². The zero-order valence-electron chi connectivity index (χ0n) is 11.0. The molecule has 0 aliphatic heterocycles. The first-order valence-corrected chi connectivity index (χ1v) is 6.52. The van der Waals surface area contributed by atoms with Crippen LogP contribution in [-0.4, -0.2) is 15.5 Å². The van der Waals surface area contributed by atoms with Gasteiger partial charge in [-0.05, 0) is 18.4 Å². The first-order valence-electron chi connectivity index (χ1n) is 6.52. The maximum atomic E-state index is 12.1. The Bertz CT molecular complexity index is 584. The topological polar surface area (TPSA) is 46.9 Å². The molecule has 1 saturated carbocycles. The molecule has 4 heteroatoms. The zero-order chi connectivity index (χ0) is 13.3. The second-order valence-corrected chi connectivity index (χ2v) is 5.13. The molecule has 1 aromatic heterocycles. The maximum absolute atomic E-state index is 12.1. The van der Waals surface area contributed by atoms with Gasteiger partial charge in [0.1, 0.15) is 5.82 Å². The average Bonchev–Trinajstić information content (AvgIpc) is 3.09. The van der Waals surface area contributed by atoms with Crippen LogP contribution in [0.5, 0.6) is 0 Å². The van der Waals surface area contributed by atoms with Crippen LogP contribution in [0.25, 0.3) is 0 Å². The van der Waals surface area contributed by atoms with Crippen molar-refractivity contribution in [1.29, 1.82) is 0 Å². The van der Waals surface area contributed by atoms with Gasteiger partial charge in [-0.1, -0.05) is 30.3 Å². The van der Waals surface area contributed by atoms with E-state index in [4.69, 9.17) is 0 Å². The number of carbonyl (C=O) groups excluding carboxylic acids is 1. The Labute approximate surface area is 112 Å². The van der Waals surface area contributed by atoms with Gasteiger partial charge in [-0.25, -0.2) is 4.98 Å². The normalized spacial score (nSPS) is 16.1. The van der Waals surface area contributed by atoms with Crippen LogP contribution in [0.4, 0.5) is 0 Å². The molecule has 98 valence electrons. The summed E-state index contributed by atoms with van der Waals surface area (Å²) in [5.41, 5.74) is 1.06. The van der Waals surface area contributed by atoms with Crippen molar-refractivity contribution in [3.05, 3.63) is 54.1 Å². The van der Waals surface area contributed by atoms with E-state index in [0.717, 1.165) is 18.7 Å². The SMILES string of the molecule is Cn1ccnc1CC(=O)NC1(c2ccccc2)CC1. The molecule has 0 unspecified atom stereocenters. The van der Waals surface area contributed by atoms with Crippen LogP contribution in [0, 0.1) is 0 Å². The molecule has 1 aromatic carbocycles. The molecule has 4 nitrogen and oxygen atoms in total. The minimum absolute atomic E-state index is 0.0376. The number of hydrogen-bond donors (Lipinski definition) is 1. The lowest BCUT2D eigenvalue weighted by Crippen LogP contribution is -2.36. The van der Waals surface area contributed by atoms with Crippen molar-refractivity contribution >= 4 is 5.91 Å². The summed E-state index contributed by atoms with van der Waals surface area (Å²) in [6.07, 6.45) is 5.93. The molecule has 1 heterocycles. The van der Waals surface area contributed by atoms with E-state index in [1.165, 1.54) is 5.56 Å². The fourth-order valence-electron chi connectivity index (χ4n) is 2.39. The number of aryl methyl sites for hydroxylation is 1. The minimum Gasteiger partial charge on any atom is -0.346 e. The lowest BCUT2D eigenvalue weighted by molar-refractivity contribution is -0.121. The fraction of sp³-hybridized carbons (Fsp3) is 0.333. The number of aromatic nitrogens is 2. The number of rotatable bonds is 4. The molecule has 0 bridgehead atoms. The summed E-state index contributed by atoms with van der Waals surface area (Å²) in [4.78, 5) is 16.3. The van der Waals surface area contributed by atoms with Crippen molar-refractivity contribution in [3.63, 3.8) is 0 Å². The number of nitrogens with zero attached hydrogens (tertiary/aromatic N) is 2. The largest absolute Gasteiger partial charge is 0.346 e. The van der Waals surface area contributed by atoms with Gasteiger partial charge in [-0.15, -0.1) is 0 Å². The molecule has 0 spiro atoms. The van der Waals surface area contributed by atoms with Gasteiger partial charge in [0.25, 0.3) is 0 Å². The van der Waals surface area contributed by atoms with Crippen molar-refractivity contribution in [2.45, 2.75) is 24.8 Å². The summed E-state index contributed by atoms with van der Waals surface area (Å²) in [6.45, 7) is 0. The lowest BCUT2D eigenvalue weighted by Gasteiger charge is -2.17. The van der Waals surface area contributed by atoms with Crippen LogP contribution in [0.1, 0.15) is 24.2 Å². The molecule has 0 radical (unpaired) electrons. The molecule has 3 rings (SSSR count). The first-order chi connectivity index (χ1) is 9.20. The molecule has 19 heavy (non-hydrogen) atoms. The van der Waals surface area contributed by atoms with Crippen molar-refractivity contribution in [1.82, 2.24) is 14.9 Å². The maximum Gasteiger partial charge on any atom is 0.228 e. The van der Waals surface area contributed by atoms with Crippen molar-refractivity contribution in [2.24, 2.45) is 7.05 Å². The van der Waals surface area contributed by atoms with Crippen molar-refractivity contribution in [2.75, 3.05) is 0 Å². The summed E-state index contributed by atoms with van der Waals surface area (Å²) < 4.78 is 1.88. The molecular weight excluding hydrogens is 238 g/mol. The third-order valence-electron chi connectivity index (χ3n) is 3.69. The van der Waals surface area contributed by atoms with E-state index in [9.17, 15) is 4.79 Å². The number of nitrogens with one attached hydrogen (secondary N) is 1. The third-order valence-corrected chi connectivity index (χ3v) is 3.69. The van der Waals surface area contributed by atoms with E-state index in [0.29, 0.717) is 6.42 Å². The molecule has 1 amide bonds. The molecule has 1 aliphatic carbocycles. The fourth-order valence-corrected chi connectivity index (χ4v) is 2.39. The van der Waals surface area contributed by atoms with Gasteiger partial charge in [0.2, 0.25) is 5.91 Å². The quantitative estimate of drug-likeness (QED) is 0.905. The van der Waals surface area contributed by atoms with E-state index in [-0.39, 0.29) is 11.4 Å². The summed E-state index contributed by atoms with van der Waals surface area (Å²) >= 11 is 0. The average molecular weight is 255 g/mol. The lowest BCUT2D eigenvalue weighted by atomic mass is 10.0. The van der Waals surface area contributed by atoms with E-state index < -0.39 is 0 Å². The number of hydrogen-bond acceptors (Lipinski definition) is 2. The molecule has 0 saturated heterocycles. The summed E-state index contributed by atoms with van der Waals surface area (Å²) in [6, 6.07) is 10.2. The van der Waals surface area contributed by atoms with Crippen molar-refractivity contribution < 1.29 is 4.79 Å². The van der Waals surface area contributed by atoms with Crippen LogP contribution >= 0.6 is 0 Å². The predicted octanol–water partition coefficient (Wildman–Crippen LogP) is 1.77. The molecule has 2 aromatic rings. The summed E-state index contributed by atoms with van der Waals surface area (Å²) in [5, 5.41) is 3.16. The highest BCUT2D eigenvalue weighted by molar-refractivity contribution is 5.79. The van der Waals surface area contributed by atoms with E-state index >= 15 is 0 Å². The van der Waals surface area contributed by atoms with Crippen molar-refractivity contribution in [3.8, 4) is 0 Å². The highest BCUT2D eigenvalue weighted by Gasteiger charge is 2.45. The Kier molecular flexibility index (Phi) is 2.85. The second kappa shape index (κ2) is 4.53. The zero-order valence-corrected chi connectivity index (χ0v) is 11.0. The van der Waals surface area contributed by atoms with Gasteiger partial charge in [0, 0.05) is 19.4 Å². The second-order valence-electron chi connectivity index (χ2n) is 5.13. The van der Waals surface area contributed by atoms with Crippen LogP contribution < -0.4 is 5.32 Å². The molecular formula is C15H17N3O. The van der Waals surface area contributed by atoms with Gasteiger partial charge in [0.15, 0.2) is 0 Å². The third kappa shape index (κ3) is 2.38. The standard InChI is InChI=1S/C15H17N3O/c1-18-10-9-16-13(18)11-14(19)17-15(7-8-15)12-5-3-2-4-6-12/h2-6,9-10H,7-8,11H2,1H3,(H,17,19). The smallest absolute Gasteiger partial charge is 0.228 e. The highest BCUT2D eigenvalue weighted by Crippen LogP contribution is 2.45. The van der Waals surface area contributed by atoms with Crippen LogP contribution in [0.15, 0.2) is 42.7 Å². The summed E-state index contributed by atoms with van der Waals surface area (Å²) in [7, 11) is 1.90. The first kappa shape index (κ1) is 12.0.